The minimum Gasteiger partial charge on any atom is -0.468 e. The number of nitrogens with zero attached hydrogens (tertiary/aromatic N) is 1. The van der Waals surface area contributed by atoms with E-state index in [0.717, 1.165) is 5.69 Å². The van der Waals surface area contributed by atoms with Gasteiger partial charge in [0.05, 0.1) is 12.8 Å². The Morgan fingerprint density at radius 1 is 1.38 bits per heavy atom. The van der Waals surface area contributed by atoms with Gasteiger partial charge < -0.3 is 9.73 Å². The number of hydrogen-bond donors (Lipinski definition) is 3. The van der Waals surface area contributed by atoms with E-state index in [-0.39, 0.29) is 17.6 Å². The Balaban J connectivity index is 2.15. The topological polar surface area (TPSA) is 100 Å². The molecule has 116 valence electrons. The summed E-state index contributed by atoms with van der Waals surface area (Å²) in [4.78, 5) is 0. The first-order chi connectivity index (χ1) is 9.90. The second-order valence-electron chi connectivity index (χ2n) is 5.07. The Bertz CT molecular complexity index is 674. The quantitative estimate of drug-likeness (QED) is 0.715. The Morgan fingerprint density at radius 3 is 2.76 bits per heavy atom. The van der Waals surface area contributed by atoms with Crippen LogP contribution in [0.3, 0.4) is 0 Å². The minimum atomic E-state index is -3.69. The average molecular weight is 312 g/mol. The zero-order valence-electron chi connectivity index (χ0n) is 12.3. The summed E-state index contributed by atoms with van der Waals surface area (Å²) in [5.74, 6) is 0.549. The van der Waals surface area contributed by atoms with Crippen LogP contribution in [0.5, 0.6) is 0 Å². The highest BCUT2D eigenvalue weighted by molar-refractivity contribution is 7.89. The number of rotatable bonds is 7. The molecule has 0 aromatic carbocycles. The lowest BCUT2D eigenvalue weighted by Crippen LogP contribution is -2.27. The van der Waals surface area contributed by atoms with Crippen molar-refractivity contribution in [2.45, 2.75) is 44.9 Å². The summed E-state index contributed by atoms with van der Waals surface area (Å²) in [6.07, 6.45) is 1.50. The van der Waals surface area contributed by atoms with Crippen LogP contribution < -0.4 is 10.0 Å². The third kappa shape index (κ3) is 3.93. The Morgan fingerprint density at radius 2 is 2.14 bits per heavy atom. The van der Waals surface area contributed by atoms with Crippen LogP contribution in [0.15, 0.2) is 27.8 Å². The van der Waals surface area contributed by atoms with Gasteiger partial charge in [-0.25, -0.2) is 13.1 Å². The lowest BCUT2D eigenvalue weighted by atomic mass is 10.2. The molecule has 7 nitrogen and oxygen atoms in total. The van der Waals surface area contributed by atoms with Gasteiger partial charge in [0, 0.05) is 23.8 Å². The molecule has 2 heterocycles. The molecule has 0 amide bonds. The third-order valence-electron chi connectivity index (χ3n) is 2.99. The van der Waals surface area contributed by atoms with Crippen LogP contribution in [-0.2, 0) is 23.1 Å². The first-order valence-corrected chi connectivity index (χ1v) is 8.17. The van der Waals surface area contributed by atoms with Gasteiger partial charge in [-0.05, 0) is 19.1 Å². The van der Waals surface area contributed by atoms with Crippen molar-refractivity contribution in [3.63, 3.8) is 0 Å². The molecule has 0 aliphatic heterocycles. The van der Waals surface area contributed by atoms with E-state index in [0.29, 0.717) is 17.9 Å². The van der Waals surface area contributed by atoms with E-state index in [2.05, 4.69) is 20.2 Å². The maximum Gasteiger partial charge on any atom is 0.260 e. The number of sulfonamides is 1. The zero-order valence-corrected chi connectivity index (χ0v) is 13.1. The van der Waals surface area contributed by atoms with E-state index in [1.807, 2.05) is 13.8 Å². The Labute approximate surface area is 124 Å². The smallest absolute Gasteiger partial charge is 0.260 e. The standard InChI is InChI=1S/C13H20N4O3S/c1-9(2)14-8-12-10(3)16-17-13(12)21(18,19)15-7-11-5-4-6-20-11/h4-6,9,14-15H,7-8H2,1-3H3,(H,16,17). The molecule has 2 aromatic rings. The van der Waals surface area contributed by atoms with Crippen molar-refractivity contribution >= 4 is 10.0 Å². The SMILES string of the molecule is Cc1[nH]nc(S(=O)(=O)NCc2ccco2)c1CNC(C)C. The van der Waals surface area contributed by atoms with Gasteiger partial charge in [0.2, 0.25) is 0 Å². The minimum absolute atomic E-state index is 0.0275. The van der Waals surface area contributed by atoms with Crippen molar-refractivity contribution in [3.05, 3.63) is 35.4 Å². The molecule has 0 aliphatic rings. The van der Waals surface area contributed by atoms with Gasteiger partial charge in [-0.15, -0.1) is 0 Å². The second kappa shape index (κ2) is 6.42. The monoisotopic (exact) mass is 312 g/mol. The molecule has 0 fully saturated rings. The summed E-state index contributed by atoms with van der Waals surface area (Å²) in [6.45, 7) is 6.34. The number of nitrogens with one attached hydrogen (secondary N) is 3. The van der Waals surface area contributed by atoms with Crippen molar-refractivity contribution < 1.29 is 12.8 Å². The molecule has 0 atom stereocenters. The molecule has 0 saturated heterocycles. The van der Waals surface area contributed by atoms with Gasteiger partial charge in [0.1, 0.15) is 5.76 Å². The van der Waals surface area contributed by atoms with Gasteiger partial charge in [0.15, 0.2) is 5.03 Å². The van der Waals surface area contributed by atoms with Gasteiger partial charge in [-0.1, -0.05) is 13.8 Å². The summed E-state index contributed by atoms with van der Waals surface area (Å²) in [5.41, 5.74) is 1.39. The predicted octanol–water partition coefficient (Wildman–Crippen LogP) is 1.29. The van der Waals surface area contributed by atoms with E-state index in [1.54, 1.807) is 19.1 Å². The maximum atomic E-state index is 12.3. The van der Waals surface area contributed by atoms with Gasteiger partial charge in [-0.3, -0.25) is 5.10 Å². The molecular weight excluding hydrogens is 292 g/mol. The molecule has 8 heteroatoms. The highest BCUT2D eigenvalue weighted by atomic mass is 32.2. The normalized spacial score (nSPS) is 12.2. The summed E-state index contributed by atoms with van der Waals surface area (Å²) < 4.78 is 32.3. The largest absolute Gasteiger partial charge is 0.468 e. The van der Waals surface area contributed by atoms with Crippen molar-refractivity contribution in [2.24, 2.45) is 0 Å². The summed E-state index contributed by atoms with van der Waals surface area (Å²) >= 11 is 0. The molecule has 0 bridgehead atoms. The van der Waals surface area contributed by atoms with Gasteiger partial charge in [-0.2, -0.15) is 5.10 Å². The van der Waals surface area contributed by atoms with Crippen molar-refractivity contribution in [1.29, 1.82) is 0 Å². The van der Waals surface area contributed by atoms with Crippen LogP contribution in [0.2, 0.25) is 0 Å². The number of aryl methyl sites for hydroxylation is 1. The third-order valence-corrected chi connectivity index (χ3v) is 4.37. The summed E-state index contributed by atoms with van der Waals surface area (Å²) in [6, 6.07) is 3.67. The Kier molecular flexibility index (Phi) is 4.81. The van der Waals surface area contributed by atoms with E-state index in [4.69, 9.17) is 4.42 Å². The zero-order chi connectivity index (χ0) is 15.5. The number of hydrogen-bond acceptors (Lipinski definition) is 5. The lowest BCUT2D eigenvalue weighted by molar-refractivity contribution is 0.497. The van der Waals surface area contributed by atoms with E-state index in [1.165, 1.54) is 6.26 Å². The van der Waals surface area contributed by atoms with Crippen LogP contribution in [0.4, 0.5) is 0 Å². The first kappa shape index (κ1) is 15.7. The average Bonchev–Trinajstić information content (AvgIpc) is 3.03. The molecule has 3 N–H and O–H groups in total. The van der Waals surface area contributed by atoms with E-state index < -0.39 is 10.0 Å². The maximum absolute atomic E-state index is 12.3. The van der Waals surface area contributed by atoms with Gasteiger partial charge >= 0.3 is 0 Å². The van der Waals surface area contributed by atoms with Crippen LogP contribution >= 0.6 is 0 Å². The number of aromatic nitrogens is 2. The molecule has 0 spiro atoms. The molecule has 2 aromatic heterocycles. The molecule has 0 saturated carbocycles. The summed E-state index contributed by atoms with van der Waals surface area (Å²) in [5, 5.41) is 9.87. The number of H-pyrrole nitrogens is 1. The molecule has 0 radical (unpaired) electrons. The van der Waals surface area contributed by atoms with E-state index in [9.17, 15) is 8.42 Å². The fraction of sp³-hybridized carbons (Fsp3) is 0.462. The van der Waals surface area contributed by atoms with E-state index >= 15 is 0 Å². The first-order valence-electron chi connectivity index (χ1n) is 6.69. The van der Waals surface area contributed by atoms with Crippen LogP contribution in [0.1, 0.15) is 30.9 Å². The molecule has 0 aliphatic carbocycles. The highest BCUT2D eigenvalue weighted by Gasteiger charge is 2.23. The molecule has 21 heavy (non-hydrogen) atoms. The van der Waals surface area contributed by atoms with Gasteiger partial charge in [0.25, 0.3) is 10.0 Å². The number of furan rings is 1. The van der Waals surface area contributed by atoms with Crippen molar-refractivity contribution in [2.75, 3.05) is 0 Å². The lowest BCUT2D eigenvalue weighted by Gasteiger charge is -2.09. The fourth-order valence-corrected chi connectivity index (χ4v) is 3.00. The Hall–Kier alpha value is -1.64. The predicted molar refractivity (Wildman–Crippen MR) is 78.0 cm³/mol. The van der Waals surface area contributed by atoms with Crippen molar-refractivity contribution in [3.8, 4) is 0 Å². The second-order valence-corrected chi connectivity index (χ2v) is 6.75. The highest BCUT2D eigenvalue weighted by Crippen LogP contribution is 2.16. The molecular formula is C13H20N4O3S. The van der Waals surface area contributed by atoms with Crippen molar-refractivity contribution in [1.82, 2.24) is 20.2 Å². The number of aromatic amines is 1. The molecule has 0 unspecified atom stereocenters. The molecule has 2 rings (SSSR count). The van der Waals surface area contributed by atoms with Crippen LogP contribution in [0.25, 0.3) is 0 Å². The summed E-state index contributed by atoms with van der Waals surface area (Å²) in [7, 11) is -3.69. The van der Waals surface area contributed by atoms with Crippen LogP contribution in [0, 0.1) is 6.92 Å². The van der Waals surface area contributed by atoms with Crippen LogP contribution in [-0.4, -0.2) is 24.7 Å². The fourth-order valence-electron chi connectivity index (χ4n) is 1.81.